The maximum Gasteiger partial charge on any atom is 0.186 e. The molecule has 96 valence electrons. The van der Waals surface area contributed by atoms with E-state index in [0.29, 0.717) is 11.4 Å². The van der Waals surface area contributed by atoms with Gasteiger partial charge in [0.25, 0.3) is 0 Å². The Hall–Kier alpha value is -1.74. The lowest BCUT2D eigenvalue weighted by molar-refractivity contribution is 0.414. The van der Waals surface area contributed by atoms with Crippen LogP contribution in [0.2, 0.25) is 0 Å². The van der Waals surface area contributed by atoms with Crippen molar-refractivity contribution in [1.29, 1.82) is 5.26 Å². The monoisotopic (exact) mass is 266 g/mol. The van der Waals surface area contributed by atoms with E-state index in [1.54, 1.807) is 19.1 Å². The van der Waals surface area contributed by atoms with Gasteiger partial charge in [-0.15, -0.1) is 0 Å². The fourth-order valence-electron chi connectivity index (χ4n) is 2.14. The third kappa shape index (κ3) is 1.91. The van der Waals surface area contributed by atoms with Crippen molar-refractivity contribution in [2.75, 3.05) is 12.4 Å². The van der Waals surface area contributed by atoms with Crippen LogP contribution in [0, 0.1) is 11.3 Å². The lowest BCUT2D eigenvalue weighted by Gasteiger charge is -2.31. The Morgan fingerprint density at radius 2 is 2.22 bits per heavy atom. The lowest BCUT2D eigenvalue weighted by Crippen LogP contribution is -2.41. The molecule has 5 nitrogen and oxygen atoms in total. The van der Waals surface area contributed by atoms with E-state index < -0.39 is 15.1 Å². The van der Waals surface area contributed by atoms with E-state index >= 15 is 0 Å². The molecular formula is C12H14N2O3S. The third-order valence-corrected chi connectivity index (χ3v) is 5.47. The highest BCUT2D eigenvalue weighted by Crippen LogP contribution is 2.35. The van der Waals surface area contributed by atoms with Crippen molar-refractivity contribution in [3.63, 3.8) is 0 Å². The van der Waals surface area contributed by atoms with E-state index in [9.17, 15) is 8.42 Å². The smallest absolute Gasteiger partial charge is 0.186 e. The molecule has 0 radical (unpaired) electrons. The Morgan fingerprint density at radius 1 is 1.50 bits per heavy atom. The summed E-state index contributed by atoms with van der Waals surface area (Å²) in [5.74, 6) is 0.599. The zero-order valence-electron chi connectivity index (χ0n) is 10.2. The second kappa shape index (κ2) is 4.50. The Labute approximate surface area is 106 Å². The summed E-state index contributed by atoms with van der Waals surface area (Å²) in [6.07, 6.45) is -0.0119. The van der Waals surface area contributed by atoms with Crippen molar-refractivity contribution < 1.29 is 13.2 Å². The van der Waals surface area contributed by atoms with E-state index in [4.69, 9.17) is 10.00 Å². The third-order valence-electron chi connectivity index (χ3n) is 3.13. The summed E-state index contributed by atoms with van der Waals surface area (Å²) < 4.78 is 29.8. The molecule has 0 aromatic heterocycles. The van der Waals surface area contributed by atoms with E-state index in [0.717, 1.165) is 0 Å². The minimum atomic E-state index is -3.46. The number of ether oxygens (including phenoxy) is 1. The van der Waals surface area contributed by atoms with Crippen LogP contribution in [0.25, 0.3) is 0 Å². The van der Waals surface area contributed by atoms with Gasteiger partial charge in [0.05, 0.1) is 35.4 Å². The largest absolute Gasteiger partial charge is 0.497 e. The first-order valence-electron chi connectivity index (χ1n) is 5.56. The molecule has 1 aliphatic rings. The summed E-state index contributed by atoms with van der Waals surface area (Å²) in [5, 5.41) is 11.1. The predicted octanol–water partition coefficient (Wildman–Crippen LogP) is 1.57. The lowest BCUT2D eigenvalue weighted by atomic mass is 10.1. The SMILES string of the molecule is COc1ccc2c(c1)NC(C)C(CC#N)S2(=O)=O. The van der Waals surface area contributed by atoms with Gasteiger partial charge in [-0.3, -0.25) is 0 Å². The number of hydrogen-bond donors (Lipinski definition) is 1. The van der Waals surface area contributed by atoms with Crippen molar-refractivity contribution >= 4 is 15.5 Å². The number of fused-ring (bicyclic) bond motifs is 1. The van der Waals surface area contributed by atoms with Crippen LogP contribution in [-0.2, 0) is 9.84 Å². The van der Waals surface area contributed by atoms with Crippen LogP contribution in [0.1, 0.15) is 13.3 Å². The van der Waals surface area contributed by atoms with Gasteiger partial charge in [-0.05, 0) is 19.1 Å². The molecule has 0 bridgehead atoms. The van der Waals surface area contributed by atoms with Crippen LogP contribution in [0.5, 0.6) is 5.75 Å². The fraction of sp³-hybridized carbons (Fsp3) is 0.417. The van der Waals surface area contributed by atoms with Gasteiger partial charge in [0, 0.05) is 12.1 Å². The highest BCUT2D eigenvalue weighted by molar-refractivity contribution is 7.92. The van der Waals surface area contributed by atoms with Crippen molar-refractivity contribution in [1.82, 2.24) is 0 Å². The zero-order valence-corrected chi connectivity index (χ0v) is 11.0. The molecule has 2 atom stereocenters. The van der Waals surface area contributed by atoms with Crippen molar-refractivity contribution in [2.24, 2.45) is 0 Å². The second-order valence-corrected chi connectivity index (χ2v) is 6.38. The molecule has 0 saturated carbocycles. The average Bonchev–Trinajstić information content (AvgIpc) is 2.33. The average molecular weight is 266 g/mol. The van der Waals surface area contributed by atoms with Crippen LogP contribution in [0.3, 0.4) is 0 Å². The molecule has 6 heteroatoms. The molecule has 2 rings (SSSR count). The van der Waals surface area contributed by atoms with Gasteiger partial charge in [-0.1, -0.05) is 0 Å². The molecule has 0 aliphatic carbocycles. The number of anilines is 1. The summed E-state index contributed by atoms with van der Waals surface area (Å²) in [4.78, 5) is 0.238. The molecule has 18 heavy (non-hydrogen) atoms. The number of rotatable bonds is 2. The molecule has 2 unspecified atom stereocenters. The predicted molar refractivity (Wildman–Crippen MR) is 67.3 cm³/mol. The van der Waals surface area contributed by atoms with Gasteiger partial charge in [0.2, 0.25) is 0 Å². The number of methoxy groups -OCH3 is 1. The molecule has 1 aromatic carbocycles. The van der Waals surface area contributed by atoms with E-state index in [2.05, 4.69) is 5.32 Å². The van der Waals surface area contributed by atoms with E-state index in [1.807, 2.05) is 6.07 Å². The summed E-state index contributed by atoms with van der Waals surface area (Å²) in [6, 6.07) is 6.42. The number of nitrogens with zero attached hydrogens (tertiary/aromatic N) is 1. The number of nitriles is 1. The van der Waals surface area contributed by atoms with Crippen LogP contribution in [-0.4, -0.2) is 26.8 Å². The molecule has 0 fully saturated rings. The van der Waals surface area contributed by atoms with Crippen LogP contribution < -0.4 is 10.1 Å². The molecule has 0 spiro atoms. The first-order chi connectivity index (χ1) is 8.50. The Bertz CT molecular complexity index is 604. The Morgan fingerprint density at radius 3 is 2.83 bits per heavy atom. The molecule has 0 saturated heterocycles. The topological polar surface area (TPSA) is 79.2 Å². The maximum absolute atomic E-state index is 12.4. The first-order valence-corrected chi connectivity index (χ1v) is 7.10. The minimum absolute atomic E-state index is 0.0119. The Balaban J connectivity index is 2.55. The van der Waals surface area contributed by atoms with Crippen molar-refractivity contribution in [3.05, 3.63) is 18.2 Å². The van der Waals surface area contributed by atoms with E-state index in [1.165, 1.54) is 13.2 Å². The quantitative estimate of drug-likeness (QED) is 0.878. The van der Waals surface area contributed by atoms with Gasteiger partial charge in [-0.25, -0.2) is 8.42 Å². The van der Waals surface area contributed by atoms with Crippen LogP contribution >= 0.6 is 0 Å². The molecule has 1 aromatic rings. The molecular weight excluding hydrogens is 252 g/mol. The maximum atomic E-state index is 12.4. The number of nitrogens with one attached hydrogen (secondary N) is 1. The van der Waals surface area contributed by atoms with Gasteiger partial charge < -0.3 is 10.1 Å². The second-order valence-electron chi connectivity index (χ2n) is 4.24. The summed E-state index contributed by atoms with van der Waals surface area (Å²) in [7, 11) is -1.93. The summed E-state index contributed by atoms with van der Waals surface area (Å²) in [6.45, 7) is 1.77. The molecule has 0 amide bonds. The Kier molecular flexibility index (Phi) is 3.18. The zero-order chi connectivity index (χ0) is 13.3. The molecule has 1 N–H and O–H groups in total. The van der Waals surface area contributed by atoms with Crippen LogP contribution in [0.15, 0.2) is 23.1 Å². The van der Waals surface area contributed by atoms with E-state index in [-0.39, 0.29) is 17.4 Å². The number of hydrogen-bond acceptors (Lipinski definition) is 5. The van der Waals surface area contributed by atoms with Gasteiger partial charge >= 0.3 is 0 Å². The number of sulfone groups is 1. The summed E-state index contributed by atoms with van der Waals surface area (Å²) >= 11 is 0. The highest BCUT2D eigenvalue weighted by Gasteiger charge is 2.38. The normalized spacial score (nSPS) is 24.5. The van der Waals surface area contributed by atoms with Gasteiger partial charge in [0.1, 0.15) is 5.75 Å². The molecule has 1 heterocycles. The van der Waals surface area contributed by atoms with Crippen LogP contribution in [0.4, 0.5) is 5.69 Å². The van der Waals surface area contributed by atoms with Crippen molar-refractivity contribution in [3.8, 4) is 11.8 Å². The fourth-order valence-corrected chi connectivity index (χ4v) is 4.05. The van der Waals surface area contributed by atoms with Gasteiger partial charge in [0.15, 0.2) is 9.84 Å². The van der Waals surface area contributed by atoms with Gasteiger partial charge in [-0.2, -0.15) is 5.26 Å². The minimum Gasteiger partial charge on any atom is -0.497 e. The highest BCUT2D eigenvalue weighted by atomic mass is 32.2. The first kappa shape index (κ1) is 12.7. The molecule has 1 aliphatic heterocycles. The van der Waals surface area contributed by atoms with Crippen molar-refractivity contribution in [2.45, 2.75) is 29.5 Å². The number of benzene rings is 1. The summed E-state index contributed by atoms with van der Waals surface area (Å²) in [5.41, 5.74) is 0.538. The standard InChI is InChI=1S/C12H14N2O3S/c1-8-11(5-6-13)18(15,16)12-4-3-9(17-2)7-10(12)14-8/h3-4,7-8,11,14H,5H2,1-2H3.